The fraction of sp³-hybridized carbons (Fsp3) is 0.632. The lowest BCUT2D eigenvalue weighted by Crippen LogP contribution is -2.56. The molecule has 2 nitrogen and oxygen atoms in total. The molecule has 0 radical (unpaired) electrons. The van der Waals surface area contributed by atoms with Crippen LogP contribution in [0.1, 0.15) is 45.4 Å². The normalized spacial score (nSPS) is 34.9. The second kappa shape index (κ2) is 5.94. The summed E-state index contributed by atoms with van der Waals surface area (Å²) >= 11 is 5.38. The van der Waals surface area contributed by atoms with Crippen LogP contribution in [0.15, 0.2) is 18.2 Å². The summed E-state index contributed by atoms with van der Waals surface area (Å²) in [6.07, 6.45) is 8.11. The first kappa shape index (κ1) is 16.2. The van der Waals surface area contributed by atoms with E-state index in [1.54, 1.807) is 0 Å². The minimum atomic E-state index is -0.624. The maximum Gasteiger partial charge on any atom is 0.171 e. The van der Waals surface area contributed by atoms with Crippen LogP contribution in [0.4, 0.5) is 14.5 Å². The number of nitrogens with one attached hydrogen (secondary N) is 2. The molecule has 2 N–H and O–H groups in total. The van der Waals surface area contributed by atoms with Crippen molar-refractivity contribution in [1.82, 2.24) is 5.32 Å². The van der Waals surface area contributed by atoms with Crippen molar-refractivity contribution in [3.63, 3.8) is 0 Å². The summed E-state index contributed by atoms with van der Waals surface area (Å²) in [5.74, 6) is 1.45. The predicted octanol–water partition coefficient (Wildman–Crippen LogP) is 4.86. The van der Waals surface area contributed by atoms with Gasteiger partial charge in [-0.1, -0.05) is 0 Å². The molecule has 5 rings (SSSR count). The molecule has 4 saturated carbocycles. The van der Waals surface area contributed by atoms with Crippen molar-refractivity contribution < 1.29 is 8.78 Å². The molecule has 0 aliphatic heterocycles. The van der Waals surface area contributed by atoms with Gasteiger partial charge in [0.05, 0.1) is 5.69 Å². The summed E-state index contributed by atoms with van der Waals surface area (Å²) in [4.78, 5) is 0. The number of benzene rings is 1. The predicted molar refractivity (Wildman–Crippen MR) is 95.8 cm³/mol. The van der Waals surface area contributed by atoms with Crippen LogP contribution >= 0.6 is 12.2 Å². The standard InChI is InChI=1S/C19H24F2N2S/c1-11(19-8-12-4-13(9-19)6-14(5-12)10-19)22-18(24)23-17-3-2-15(20)7-16(17)21/h2-3,7,11-14H,4-6,8-10H2,1H3,(H2,22,23,24). The van der Waals surface area contributed by atoms with Crippen molar-refractivity contribution in [2.45, 2.75) is 51.5 Å². The molecule has 1 atom stereocenters. The van der Waals surface area contributed by atoms with Crippen molar-refractivity contribution >= 4 is 23.0 Å². The van der Waals surface area contributed by atoms with Crippen LogP contribution < -0.4 is 10.6 Å². The Kier molecular flexibility index (Phi) is 4.02. The highest BCUT2D eigenvalue weighted by atomic mass is 32.1. The van der Waals surface area contributed by atoms with E-state index in [1.807, 2.05) is 0 Å². The van der Waals surface area contributed by atoms with Gasteiger partial charge in [0.15, 0.2) is 5.11 Å². The summed E-state index contributed by atoms with van der Waals surface area (Å²) in [6, 6.07) is 3.76. The monoisotopic (exact) mass is 350 g/mol. The number of rotatable bonds is 3. The highest BCUT2D eigenvalue weighted by molar-refractivity contribution is 7.80. The molecule has 5 heteroatoms. The van der Waals surface area contributed by atoms with Gasteiger partial charge in [-0.15, -0.1) is 0 Å². The fourth-order valence-electron chi connectivity index (χ4n) is 5.81. The molecule has 0 heterocycles. The van der Waals surface area contributed by atoms with Crippen LogP contribution in [0, 0.1) is 34.8 Å². The van der Waals surface area contributed by atoms with Gasteiger partial charge in [0, 0.05) is 12.1 Å². The molecular weight excluding hydrogens is 326 g/mol. The first-order valence-corrected chi connectivity index (χ1v) is 9.37. The van der Waals surface area contributed by atoms with E-state index in [1.165, 1.54) is 50.7 Å². The van der Waals surface area contributed by atoms with Crippen molar-refractivity contribution in [2.75, 3.05) is 5.32 Å². The average molecular weight is 350 g/mol. The molecule has 130 valence electrons. The Labute approximate surface area is 147 Å². The molecule has 4 fully saturated rings. The number of hydrogen-bond acceptors (Lipinski definition) is 1. The van der Waals surface area contributed by atoms with Crippen LogP contribution in [0.25, 0.3) is 0 Å². The van der Waals surface area contributed by atoms with Gasteiger partial charge in [-0.05, 0) is 93.0 Å². The second-order valence-corrected chi connectivity index (χ2v) is 8.63. The number of anilines is 1. The van der Waals surface area contributed by atoms with Crippen molar-refractivity contribution in [3.05, 3.63) is 29.8 Å². The third-order valence-corrected chi connectivity index (χ3v) is 6.75. The highest BCUT2D eigenvalue weighted by Gasteiger charge is 2.53. The van der Waals surface area contributed by atoms with Gasteiger partial charge < -0.3 is 10.6 Å². The maximum absolute atomic E-state index is 13.8. The molecule has 4 bridgehead atoms. The molecule has 0 spiro atoms. The molecule has 0 aromatic heterocycles. The molecule has 24 heavy (non-hydrogen) atoms. The topological polar surface area (TPSA) is 24.1 Å². The second-order valence-electron chi connectivity index (χ2n) is 8.22. The van der Waals surface area contributed by atoms with E-state index in [0.717, 1.165) is 23.8 Å². The van der Waals surface area contributed by atoms with E-state index < -0.39 is 11.6 Å². The van der Waals surface area contributed by atoms with Gasteiger partial charge in [-0.2, -0.15) is 0 Å². The first-order valence-electron chi connectivity index (χ1n) is 8.96. The highest BCUT2D eigenvalue weighted by Crippen LogP contribution is 2.61. The van der Waals surface area contributed by atoms with Gasteiger partial charge in [-0.25, -0.2) is 8.78 Å². The molecule has 4 aliphatic carbocycles. The minimum Gasteiger partial charge on any atom is -0.359 e. The summed E-state index contributed by atoms with van der Waals surface area (Å²) in [5, 5.41) is 6.69. The Morgan fingerprint density at radius 1 is 1.12 bits per heavy atom. The Morgan fingerprint density at radius 2 is 1.71 bits per heavy atom. The van der Waals surface area contributed by atoms with Crippen LogP contribution in [0.5, 0.6) is 0 Å². The summed E-state index contributed by atoms with van der Waals surface area (Å²) in [5.41, 5.74) is 0.550. The summed E-state index contributed by atoms with van der Waals surface area (Å²) < 4.78 is 26.8. The summed E-state index contributed by atoms with van der Waals surface area (Å²) in [7, 11) is 0. The lowest BCUT2D eigenvalue weighted by Gasteiger charge is -2.59. The largest absolute Gasteiger partial charge is 0.359 e. The molecule has 1 aromatic carbocycles. The Morgan fingerprint density at radius 3 is 2.25 bits per heavy atom. The van der Waals surface area contributed by atoms with Crippen molar-refractivity contribution in [1.29, 1.82) is 0 Å². The van der Waals surface area contributed by atoms with Crippen molar-refractivity contribution in [2.24, 2.45) is 23.2 Å². The van der Waals surface area contributed by atoms with Crippen LogP contribution in [0.2, 0.25) is 0 Å². The zero-order chi connectivity index (χ0) is 16.9. The van der Waals surface area contributed by atoms with E-state index >= 15 is 0 Å². The number of halogens is 2. The lowest BCUT2D eigenvalue weighted by atomic mass is 9.48. The Bertz CT molecular complexity index is 625. The maximum atomic E-state index is 13.8. The Hall–Kier alpha value is -1.23. The fourth-order valence-corrected chi connectivity index (χ4v) is 6.09. The molecule has 1 aromatic rings. The Balaban J connectivity index is 1.42. The molecule has 4 aliphatic rings. The van der Waals surface area contributed by atoms with Crippen molar-refractivity contribution in [3.8, 4) is 0 Å². The zero-order valence-corrected chi connectivity index (χ0v) is 14.8. The molecular formula is C19H24F2N2S. The third kappa shape index (κ3) is 2.92. The number of thiocarbonyl (C=S) groups is 1. The van der Waals surface area contributed by atoms with Crippen LogP contribution in [0.3, 0.4) is 0 Å². The van der Waals surface area contributed by atoms with E-state index in [9.17, 15) is 8.78 Å². The van der Waals surface area contributed by atoms with Gasteiger partial charge >= 0.3 is 0 Å². The van der Waals surface area contributed by atoms with E-state index in [4.69, 9.17) is 12.2 Å². The van der Waals surface area contributed by atoms with Crippen LogP contribution in [-0.2, 0) is 0 Å². The third-order valence-electron chi connectivity index (χ3n) is 6.53. The van der Waals surface area contributed by atoms with E-state index in [-0.39, 0.29) is 11.7 Å². The SMILES string of the molecule is CC(NC(=S)Nc1ccc(F)cc1F)C12CC3CC(CC(C3)C1)C2. The summed E-state index contributed by atoms with van der Waals surface area (Å²) in [6.45, 7) is 2.21. The number of hydrogen-bond donors (Lipinski definition) is 2. The van der Waals surface area contributed by atoms with Gasteiger partial charge in [0.25, 0.3) is 0 Å². The molecule has 0 saturated heterocycles. The average Bonchev–Trinajstić information content (AvgIpc) is 2.48. The minimum absolute atomic E-state index is 0.214. The van der Waals surface area contributed by atoms with Gasteiger partial charge in [-0.3, -0.25) is 0 Å². The van der Waals surface area contributed by atoms with E-state index in [0.29, 0.717) is 10.5 Å². The molecule has 1 unspecified atom stereocenters. The van der Waals surface area contributed by atoms with Gasteiger partial charge in [0.1, 0.15) is 11.6 Å². The lowest BCUT2D eigenvalue weighted by molar-refractivity contribution is -0.0671. The smallest absolute Gasteiger partial charge is 0.171 e. The van der Waals surface area contributed by atoms with E-state index in [2.05, 4.69) is 17.6 Å². The van der Waals surface area contributed by atoms with Crippen LogP contribution in [-0.4, -0.2) is 11.2 Å². The molecule has 0 amide bonds. The van der Waals surface area contributed by atoms with Gasteiger partial charge in [0.2, 0.25) is 0 Å². The zero-order valence-electron chi connectivity index (χ0n) is 13.9. The quantitative estimate of drug-likeness (QED) is 0.762. The first-order chi connectivity index (χ1) is 11.4.